The first-order chi connectivity index (χ1) is 6.58. The highest BCUT2D eigenvalue weighted by Crippen LogP contribution is 2.32. The molecule has 15 heavy (non-hydrogen) atoms. The lowest BCUT2D eigenvalue weighted by Crippen LogP contribution is -2.39. The van der Waals surface area contributed by atoms with E-state index >= 15 is 0 Å². The van der Waals surface area contributed by atoms with Crippen molar-refractivity contribution in [3.8, 4) is 0 Å². The van der Waals surface area contributed by atoms with Crippen molar-refractivity contribution >= 4 is 15.3 Å². The predicted octanol–water partition coefficient (Wildman–Crippen LogP) is 3.02. The Morgan fingerprint density at radius 2 is 1.67 bits per heavy atom. The van der Waals surface area contributed by atoms with Gasteiger partial charge in [-0.3, -0.25) is 0 Å². The number of aldehydes is 1. The molecule has 0 saturated carbocycles. The van der Waals surface area contributed by atoms with Crippen LogP contribution >= 0.6 is 0 Å². The number of carbonyl (C=O) groups excluding carboxylic acids is 1. The molecule has 0 aromatic heterocycles. The Kier molecular flexibility index (Phi) is 5.20. The van der Waals surface area contributed by atoms with E-state index in [-0.39, 0.29) is 16.9 Å². The number of hydrogen-bond acceptors (Lipinski definition) is 2. The Balaban J connectivity index is 4.66. The van der Waals surface area contributed by atoms with Gasteiger partial charge < -0.3 is 9.22 Å². The van der Waals surface area contributed by atoms with Crippen molar-refractivity contribution in [2.75, 3.05) is 0 Å². The van der Waals surface area contributed by atoms with Crippen LogP contribution in [0.3, 0.4) is 0 Å². The molecule has 0 heterocycles. The van der Waals surface area contributed by atoms with Crippen LogP contribution in [-0.4, -0.2) is 21.4 Å². The van der Waals surface area contributed by atoms with Gasteiger partial charge in [-0.15, -0.1) is 0 Å². The third kappa shape index (κ3) is 6.10. The minimum Gasteiger partial charge on any atom is -0.417 e. The van der Waals surface area contributed by atoms with Gasteiger partial charge in [-0.2, -0.15) is 0 Å². The Morgan fingerprint density at radius 3 is 1.93 bits per heavy atom. The molecular formula is C12H26O2Si. The summed E-state index contributed by atoms with van der Waals surface area (Å²) in [6.45, 7) is 14.8. The summed E-state index contributed by atoms with van der Waals surface area (Å²) in [5, 5.41) is 0. The van der Waals surface area contributed by atoms with Crippen molar-refractivity contribution in [2.24, 2.45) is 10.8 Å². The normalized spacial score (nSPS) is 15.5. The Hall–Kier alpha value is -0.153. The van der Waals surface area contributed by atoms with Crippen LogP contribution in [0, 0.1) is 10.8 Å². The van der Waals surface area contributed by atoms with Crippen molar-refractivity contribution < 1.29 is 9.22 Å². The molecule has 0 aliphatic carbocycles. The quantitative estimate of drug-likeness (QED) is 0.536. The van der Waals surface area contributed by atoms with Crippen molar-refractivity contribution in [1.29, 1.82) is 0 Å². The summed E-state index contributed by atoms with van der Waals surface area (Å²) in [7, 11) is -1.09. The molecule has 0 rings (SSSR count). The average Bonchev–Trinajstić information content (AvgIpc) is 1.99. The van der Waals surface area contributed by atoms with Gasteiger partial charge in [0, 0.05) is 5.41 Å². The monoisotopic (exact) mass is 230 g/mol. The van der Waals surface area contributed by atoms with Crippen molar-refractivity contribution in [2.45, 2.75) is 60.2 Å². The maximum absolute atomic E-state index is 11.1. The highest BCUT2D eigenvalue weighted by atomic mass is 28.3. The van der Waals surface area contributed by atoms with Gasteiger partial charge in [0.25, 0.3) is 0 Å². The molecule has 3 heteroatoms. The van der Waals surface area contributed by atoms with Gasteiger partial charge in [-0.05, 0) is 24.9 Å². The van der Waals surface area contributed by atoms with E-state index < -0.39 is 9.04 Å². The lowest BCUT2D eigenvalue weighted by molar-refractivity contribution is -0.120. The average molecular weight is 230 g/mol. The number of rotatable bonds is 5. The lowest BCUT2D eigenvalue weighted by atomic mass is 9.78. The highest BCUT2D eigenvalue weighted by molar-refractivity contribution is 6.48. The predicted molar refractivity (Wildman–Crippen MR) is 67.7 cm³/mol. The van der Waals surface area contributed by atoms with Crippen LogP contribution in [0.2, 0.25) is 13.1 Å². The minimum absolute atomic E-state index is 0.0571. The zero-order valence-corrected chi connectivity index (χ0v) is 12.4. The van der Waals surface area contributed by atoms with Crippen LogP contribution < -0.4 is 0 Å². The summed E-state index contributed by atoms with van der Waals surface area (Å²) in [6, 6.07) is 0. The van der Waals surface area contributed by atoms with E-state index in [0.29, 0.717) is 0 Å². The molecule has 0 bridgehead atoms. The Bertz CT molecular complexity index is 204. The highest BCUT2D eigenvalue weighted by Gasteiger charge is 2.33. The van der Waals surface area contributed by atoms with Crippen LogP contribution in [0.4, 0.5) is 0 Å². The molecule has 0 saturated heterocycles. The first kappa shape index (κ1) is 14.8. The third-order valence-corrected chi connectivity index (χ3v) is 3.24. The van der Waals surface area contributed by atoms with Gasteiger partial charge in [0.1, 0.15) is 6.29 Å². The second-order valence-electron chi connectivity index (χ2n) is 6.38. The summed E-state index contributed by atoms with van der Waals surface area (Å²) >= 11 is 0. The standard InChI is InChI=1S/C12H26O2Si/c1-11(2,3)8-10(14-15(6)7)12(4,5)9-13/h9-10,15H,8H2,1-7H3. The van der Waals surface area contributed by atoms with Crippen LogP contribution in [0.25, 0.3) is 0 Å². The zero-order chi connectivity index (χ0) is 12.3. The molecule has 0 aliphatic rings. The van der Waals surface area contributed by atoms with Crippen LogP contribution in [0.5, 0.6) is 0 Å². The largest absolute Gasteiger partial charge is 0.417 e. The fourth-order valence-electron chi connectivity index (χ4n) is 1.45. The maximum atomic E-state index is 11.1. The molecule has 0 spiro atoms. The van der Waals surface area contributed by atoms with E-state index in [4.69, 9.17) is 4.43 Å². The second-order valence-corrected chi connectivity index (χ2v) is 8.75. The molecule has 2 nitrogen and oxygen atoms in total. The smallest absolute Gasteiger partial charge is 0.171 e. The fraction of sp³-hybridized carbons (Fsp3) is 0.917. The van der Waals surface area contributed by atoms with E-state index in [0.717, 1.165) is 12.7 Å². The fourth-order valence-corrected chi connectivity index (χ4v) is 2.55. The van der Waals surface area contributed by atoms with Crippen molar-refractivity contribution in [3.05, 3.63) is 0 Å². The number of carbonyl (C=O) groups is 1. The SMILES string of the molecule is C[SiH](C)OC(CC(C)(C)C)C(C)(C)C=O. The Morgan fingerprint density at radius 1 is 1.20 bits per heavy atom. The molecule has 0 radical (unpaired) electrons. The van der Waals surface area contributed by atoms with Gasteiger partial charge in [0.2, 0.25) is 0 Å². The van der Waals surface area contributed by atoms with Gasteiger partial charge in [0.15, 0.2) is 9.04 Å². The van der Waals surface area contributed by atoms with Gasteiger partial charge in [-0.25, -0.2) is 0 Å². The summed E-state index contributed by atoms with van der Waals surface area (Å²) in [5.41, 5.74) is -0.168. The molecule has 0 N–H and O–H groups in total. The van der Waals surface area contributed by atoms with Crippen LogP contribution in [-0.2, 0) is 9.22 Å². The van der Waals surface area contributed by atoms with Crippen molar-refractivity contribution in [3.63, 3.8) is 0 Å². The van der Waals surface area contributed by atoms with Gasteiger partial charge in [-0.1, -0.05) is 34.6 Å². The molecule has 90 valence electrons. The first-order valence-corrected chi connectivity index (χ1v) is 8.48. The van der Waals surface area contributed by atoms with Gasteiger partial charge >= 0.3 is 0 Å². The van der Waals surface area contributed by atoms with E-state index in [1.54, 1.807) is 0 Å². The summed E-state index contributed by atoms with van der Waals surface area (Å²) in [4.78, 5) is 11.1. The molecule has 1 unspecified atom stereocenters. The van der Waals surface area contributed by atoms with E-state index in [1.165, 1.54) is 0 Å². The molecule has 0 aliphatic heterocycles. The molecule has 0 fully saturated rings. The van der Waals surface area contributed by atoms with E-state index in [1.807, 2.05) is 13.8 Å². The Labute approximate surface area is 96.1 Å². The molecule has 0 aromatic rings. The third-order valence-electron chi connectivity index (χ3n) is 2.37. The summed E-state index contributed by atoms with van der Waals surface area (Å²) < 4.78 is 5.99. The summed E-state index contributed by atoms with van der Waals surface area (Å²) in [5.74, 6) is 0. The second kappa shape index (κ2) is 5.26. The molecule has 0 aromatic carbocycles. The van der Waals surface area contributed by atoms with Gasteiger partial charge in [0.05, 0.1) is 6.10 Å². The van der Waals surface area contributed by atoms with E-state index in [2.05, 4.69) is 33.9 Å². The van der Waals surface area contributed by atoms with Crippen molar-refractivity contribution in [1.82, 2.24) is 0 Å². The minimum atomic E-state index is -1.09. The molecule has 0 amide bonds. The first-order valence-electron chi connectivity index (χ1n) is 5.70. The number of hydrogen-bond donors (Lipinski definition) is 0. The zero-order valence-electron chi connectivity index (χ0n) is 11.3. The lowest BCUT2D eigenvalue weighted by Gasteiger charge is -2.35. The van der Waals surface area contributed by atoms with Crippen LogP contribution in [0.15, 0.2) is 0 Å². The summed E-state index contributed by atoms with van der Waals surface area (Å²) in [6.07, 6.45) is 2.02. The van der Waals surface area contributed by atoms with Crippen LogP contribution in [0.1, 0.15) is 41.0 Å². The topological polar surface area (TPSA) is 26.3 Å². The maximum Gasteiger partial charge on any atom is 0.171 e. The molecule has 1 atom stereocenters. The molecular weight excluding hydrogens is 204 g/mol. The van der Waals surface area contributed by atoms with E-state index in [9.17, 15) is 4.79 Å².